The predicted molar refractivity (Wildman–Crippen MR) is 123 cm³/mol. The van der Waals surface area contributed by atoms with Crippen molar-refractivity contribution in [1.82, 2.24) is 9.21 Å². The van der Waals surface area contributed by atoms with Crippen molar-refractivity contribution in [3.63, 3.8) is 0 Å². The summed E-state index contributed by atoms with van der Waals surface area (Å²) in [5.41, 5.74) is 3.33. The second kappa shape index (κ2) is 8.46. The van der Waals surface area contributed by atoms with Crippen LogP contribution in [0.15, 0.2) is 41.3 Å². The standard InChI is InChI=1S/C24H27N3O5S/c1-32-20-6-2-4-19(14-20)24(29)25-10-12-26(13-11-25)33(30,31)21-15-17-5-3-9-27-22(28)8-7-18(16-21)23(17)27/h2,4,6,14-16H,3,5,7-13H2,1H3. The molecule has 0 saturated carbocycles. The Balaban J connectivity index is 1.34. The van der Waals surface area contributed by atoms with E-state index in [1.165, 1.54) is 4.31 Å². The lowest BCUT2D eigenvalue weighted by atomic mass is 9.92. The van der Waals surface area contributed by atoms with Crippen LogP contribution in [0.4, 0.5) is 5.69 Å². The summed E-state index contributed by atoms with van der Waals surface area (Å²) in [6.45, 7) is 1.85. The molecule has 0 bridgehead atoms. The van der Waals surface area contributed by atoms with Gasteiger partial charge in [0.25, 0.3) is 5.91 Å². The van der Waals surface area contributed by atoms with Gasteiger partial charge in [0, 0.05) is 44.7 Å². The molecule has 2 aromatic carbocycles. The van der Waals surface area contributed by atoms with E-state index in [1.807, 2.05) is 4.90 Å². The van der Waals surface area contributed by atoms with Crippen molar-refractivity contribution in [3.05, 3.63) is 53.1 Å². The van der Waals surface area contributed by atoms with E-state index in [0.717, 1.165) is 29.7 Å². The molecule has 0 unspecified atom stereocenters. The van der Waals surface area contributed by atoms with Crippen molar-refractivity contribution >= 4 is 27.5 Å². The summed E-state index contributed by atoms with van der Waals surface area (Å²) in [5.74, 6) is 0.600. The first-order valence-electron chi connectivity index (χ1n) is 11.3. The van der Waals surface area contributed by atoms with Crippen LogP contribution in [0, 0.1) is 0 Å². The Morgan fingerprint density at radius 3 is 2.39 bits per heavy atom. The smallest absolute Gasteiger partial charge is 0.254 e. The second-order valence-corrected chi connectivity index (χ2v) is 10.6. The van der Waals surface area contributed by atoms with Crippen molar-refractivity contribution in [3.8, 4) is 5.75 Å². The summed E-state index contributed by atoms with van der Waals surface area (Å²) in [5, 5.41) is 0. The number of methoxy groups -OCH3 is 1. The number of carbonyl (C=O) groups excluding carboxylic acids is 2. The van der Waals surface area contributed by atoms with E-state index in [9.17, 15) is 18.0 Å². The van der Waals surface area contributed by atoms with Gasteiger partial charge in [-0.25, -0.2) is 8.42 Å². The largest absolute Gasteiger partial charge is 0.497 e. The molecule has 1 saturated heterocycles. The zero-order chi connectivity index (χ0) is 23.2. The number of anilines is 1. The number of hydrogen-bond donors (Lipinski definition) is 0. The number of rotatable bonds is 4. The Hall–Kier alpha value is -2.91. The summed E-state index contributed by atoms with van der Waals surface area (Å²) < 4.78 is 33.6. The highest BCUT2D eigenvalue weighted by atomic mass is 32.2. The fourth-order valence-electron chi connectivity index (χ4n) is 4.99. The second-order valence-electron chi connectivity index (χ2n) is 8.67. The maximum absolute atomic E-state index is 13.5. The Morgan fingerprint density at radius 2 is 1.67 bits per heavy atom. The first kappa shape index (κ1) is 21.9. The molecular formula is C24H27N3O5S. The van der Waals surface area contributed by atoms with E-state index in [2.05, 4.69) is 0 Å². The van der Waals surface area contributed by atoms with E-state index in [1.54, 1.807) is 48.4 Å². The molecule has 1 fully saturated rings. The summed E-state index contributed by atoms with van der Waals surface area (Å²) in [6.07, 6.45) is 2.61. The molecule has 0 radical (unpaired) electrons. The topological polar surface area (TPSA) is 87.2 Å². The lowest BCUT2D eigenvalue weighted by Gasteiger charge is -2.37. The van der Waals surface area contributed by atoms with Crippen LogP contribution in [0.25, 0.3) is 0 Å². The van der Waals surface area contributed by atoms with Crippen molar-refractivity contribution < 1.29 is 22.7 Å². The maximum atomic E-state index is 13.5. The van der Waals surface area contributed by atoms with Crippen LogP contribution >= 0.6 is 0 Å². The summed E-state index contributed by atoms with van der Waals surface area (Å²) in [6, 6.07) is 10.5. The van der Waals surface area contributed by atoms with Gasteiger partial charge in [0.15, 0.2) is 0 Å². The predicted octanol–water partition coefficient (Wildman–Crippen LogP) is 2.07. The normalized spacial score (nSPS) is 18.8. The van der Waals surface area contributed by atoms with Gasteiger partial charge >= 0.3 is 0 Å². The Kier molecular flexibility index (Phi) is 5.62. The fourth-order valence-corrected chi connectivity index (χ4v) is 6.51. The lowest BCUT2D eigenvalue weighted by Crippen LogP contribution is -2.50. The molecular weight excluding hydrogens is 442 g/mol. The van der Waals surface area contributed by atoms with Gasteiger partial charge in [-0.3, -0.25) is 9.59 Å². The highest BCUT2D eigenvalue weighted by molar-refractivity contribution is 7.89. The molecule has 0 N–H and O–H groups in total. The first-order valence-corrected chi connectivity index (χ1v) is 12.7. The third-order valence-electron chi connectivity index (χ3n) is 6.73. The quantitative estimate of drug-likeness (QED) is 0.684. The molecule has 174 valence electrons. The number of carbonyl (C=O) groups is 2. The van der Waals surface area contributed by atoms with Crippen LogP contribution in [0.5, 0.6) is 5.75 Å². The van der Waals surface area contributed by atoms with E-state index < -0.39 is 10.0 Å². The van der Waals surface area contributed by atoms with Gasteiger partial charge in [-0.1, -0.05) is 6.07 Å². The first-order chi connectivity index (χ1) is 15.9. The van der Waals surface area contributed by atoms with Gasteiger partial charge in [0.2, 0.25) is 15.9 Å². The molecule has 0 atom stereocenters. The Labute approximate surface area is 193 Å². The molecule has 9 heteroatoms. The number of piperazine rings is 1. The number of aryl methyl sites for hydroxylation is 2. The van der Waals surface area contributed by atoms with E-state index in [0.29, 0.717) is 48.7 Å². The third-order valence-corrected chi connectivity index (χ3v) is 8.61. The van der Waals surface area contributed by atoms with E-state index in [-0.39, 0.29) is 24.9 Å². The number of nitrogens with zero attached hydrogens (tertiary/aromatic N) is 3. The van der Waals surface area contributed by atoms with Crippen LogP contribution in [-0.2, 0) is 27.7 Å². The van der Waals surface area contributed by atoms with Gasteiger partial charge in [0.05, 0.1) is 17.7 Å². The summed E-state index contributed by atoms with van der Waals surface area (Å²) >= 11 is 0. The van der Waals surface area contributed by atoms with Gasteiger partial charge in [-0.15, -0.1) is 0 Å². The number of benzene rings is 2. The molecule has 3 heterocycles. The molecule has 5 rings (SSSR count). The number of amides is 2. The highest BCUT2D eigenvalue weighted by Crippen LogP contribution is 2.38. The molecule has 2 aromatic rings. The average molecular weight is 470 g/mol. The minimum absolute atomic E-state index is 0.121. The van der Waals surface area contributed by atoms with Crippen LogP contribution in [0.3, 0.4) is 0 Å². The molecule has 0 aromatic heterocycles. The molecule has 3 aliphatic heterocycles. The van der Waals surface area contributed by atoms with Crippen molar-refractivity contribution in [2.24, 2.45) is 0 Å². The van der Waals surface area contributed by atoms with Crippen LogP contribution in [0.2, 0.25) is 0 Å². The minimum Gasteiger partial charge on any atom is -0.497 e. The zero-order valence-corrected chi connectivity index (χ0v) is 19.4. The highest BCUT2D eigenvalue weighted by Gasteiger charge is 2.34. The number of hydrogen-bond acceptors (Lipinski definition) is 5. The third kappa shape index (κ3) is 3.89. The summed E-state index contributed by atoms with van der Waals surface area (Å²) in [4.78, 5) is 28.9. The van der Waals surface area contributed by atoms with Gasteiger partial charge < -0.3 is 14.5 Å². The van der Waals surface area contributed by atoms with Crippen molar-refractivity contribution in [2.75, 3.05) is 44.7 Å². The maximum Gasteiger partial charge on any atom is 0.254 e. The molecule has 8 nitrogen and oxygen atoms in total. The van der Waals surface area contributed by atoms with Crippen LogP contribution < -0.4 is 9.64 Å². The fraction of sp³-hybridized carbons (Fsp3) is 0.417. The average Bonchev–Trinajstić information content (AvgIpc) is 2.85. The summed E-state index contributed by atoms with van der Waals surface area (Å²) in [7, 11) is -2.13. The van der Waals surface area contributed by atoms with Crippen LogP contribution in [0.1, 0.15) is 34.3 Å². The molecule has 2 amide bonds. The van der Waals surface area contributed by atoms with E-state index in [4.69, 9.17) is 4.74 Å². The SMILES string of the molecule is COc1cccc(C(=O)N2CCN(S(=O)(=O)c3cc4c5c(c3)CCC(=O)N5CCC4)CC2)c1. The van der Waals surface area contributed by atoms with Gasteiger partial charge in [-0.2, -0.15) is 4.31 Å². The van der Waals surface area contributed by atoms with Crippen molar-refractivity contribution in [2.45, 2.75) is 30.6 Å². The van der Waals surface area contributed by atoms with Gasteiger partial charge in [0.1, 0.15) is 5.75 Å². The molecule has 3 aliphatic rings. The molecule has 0 aliphatic carbocycles. The molecule has 33 heavy (non-hydrogen) atoms. The van der Waals surface area contributed by atoms with E-state index >= 15 is 0 Å². The number of sulfonamides is 1. The van der Waals surface area contributed by atoms with Gasteiger partial charge in [-0.05, 0) is 60.7 Å². The Bertz CT molecular complexity index is 1200. The lowest BCUT2D eigenvalue weighted by molar-refractivity contribution is -0.119. The number of ether oxygens (including phenoxy) is 1. The minimum atomic E-state index is -3.69. The van der Waals surface area contributed by atoms with Crippen molar-refractivity contribution in [1.29, 1.82) is 0 Å². The Morgan fingerprint density at radius 1 is 0.939 bits per heavy atom. The monoisotopic (exact) mass is 469 g/mol. The zero-order valence-electron chi connectivity index (χ0n) is 18.6. The van der Waals surface area contributed by atoms with Crippen LogP contribution in [-0.4, -0.2) is 69.3 Å². The molecule has 0 spiro atoms.